The van der Waals surface area contributed by atoms with Crippen LogP contribution in [0.3, 0.4) is 0 Å². The second kappa shape index (κ2) is 5.49. The van der Waals surface area contributed by atoms with Crippen LogP contribution in [-0.2, 0) is 0 Å². The summed E-state index contributed by atoms with van der Waals surface area (Å²) in [4.78, 5) is 13.6. The Bertz CT molecular complexity index is 671. The summed E-state index contributed by atoms with van der Waals surface area (Å²) in [5.74, 6) is -2.95. The van der Waals surface area contributed by atoms with Crippen LogP contribution < -0.4 is 4.74 Å². The fourth-order valence-corrected chi connectivity index (χ4v) is 1.94. The molecule has 2 rings (SSSR count). The minimum atomic E-state index is -1.16. The van der Waals surface area contributed by atoms with Crippen molar-refractivity contribution in [3.63, 3.8) is 0 Å². The second-order valence-electron chi connectivity index (χ2n) is 3.84. The molecule has 8 heteroatoms. The predicted molar refractivity (Wildman–Crippen MR) is 69.8 cm³/mol. The number of halogens is 3. The van der Waals surface area contributed by atoms with E-state index in [4.69, 9.17) is 4.74 Å². The van der Waals surface area contributed by atoms with Crippen molar-refractivity contribution in [2.75, 3.05) is 0 Å². The summed E-state index contributed by atoms with van der Waals surface area (Å²) in [6.07, 6.45) is 0. The van der Waals surface area contributed by atoms with Gasteiger partial charge in [-0.05, 0) is 35.0 Å². The Labute approximate surface area is 120 Å². The minimum Gasteiger partial charge on any atom is -0.448 e. The number of ether oxygens (including phenoxy) is 1. The van der Waals surface area contributed by atoms with E-state index in [9.17, 15) is 18.9 Å². The molecule has 0 aliphatic heterocycles. The number of nitrogens with zero attached hydrogens (tertiary/aromatic N) is 2. The Morgan fingerprint density at radius 1 is 1.30 bits per heavy atom. The first kappa shape index (κ1) is 14.3. The van der Waals surface area contributed by atoms with Gasteiger partial charge in [-0.3, -0.25) is 10.1 Å². The normalized spacial score (nSPS) is 10.4. The van der Waals surface area contributed by atoms with E-state index in [0.717, 1.165) is 0 Å². The van der Waals surface area contributed by atoms with Crippen molar-refractivity contribution in [1.82, 2.24) is 4.98 Å². The monoisotopic (exact) mass is 344 g/mol. The summed E-state index contributed by atoms with van der Waals surface area (Å²) < 4.78 is 32.7. The lowest BCUT2D eigenvalue weighted by Crippen LogP contribution is -1.97. The average Bonchev–Trinajstić information content (AvgIpc) is 2.35. The van der Waals surface area contributed by atoms with E-state index in [2.05, 4.69) is 20.9 Å². The summed E-state index contributed by atoms with van der Waals surface area (Å²) in [6, 6.07) is 4.26. The first-order valence-electron chi connectivity index (χ1n) is 5.33. The standard InChI is InChI=1S/C12H7BrF2N2O3/c1-6-2-3-10(12(13)16-6)20-11-8(14)4-7(17(18)19)5-9(11)15/h2-5H,1H3. The van der Waals surface area contributed by atoms with Crippen molar-refractivity contribution < 1.29 is 18.4 Å². The molecule has 5 nitrogen and oxygen atoms in total. The van der Waals surface area contributed by atoms with Crippen LogP contribution in [0.15, 0.2) is 28.9 Å². The van der Waals surface area contributed by atoms with E-state index < -0.39 is 28.0 Å². The molecule has 0 spiro atoms. The number of aryl methyl sites for hydroxylation is 1. The highest BCUT2D eigenvalue weighted by Crippen LogP contribution is 2.33. The van der Waals surface area contributed by atoms with Crippen LogP contribution in [0.2, 0.25) is 0 Å². The largest absolute Gasteiger partial charge is 0.448 e. The van der Waals surface area contributed by atoms with Crippen LogP contribution >= 0.6 is 15.9 Å². The lowest BCUT2D eigenvalue weighted by molar-refractivity contribution is -0.385. The lowest BCUT2D eigenvalue weighted by atomic mass is 10.2. The molecule has 104 valence electrons. The molecular weight excluding hydrogens is 338 g/mol. The third kappa shape index (κ3) is 2.90. The maximum atomic E-state index is 13.7. The summed E-state index contributed by atoms with van der Waals surface area (Å²) in [7, 11) is 0. The van der Waals surface area contributed by atoms with Crippen LogP contribution in [0.1, 0.15) is 5.69 Å². The third-order valence-corrected chi connectivity index (χ3v) is 2.93. The van der Waals surface area contributed by atoms with E-state index in [-0.39, 0.29) is 10.4 Å². The van der Waals surface area contributed by atoms with Crippen LogP contribution in [0, 0.1) is 28.7 Å². The Balaban J connectivity index is 2.41. The molecule has 0 fully saturated rings. The van der Waals surface area contributed by atoms with Gasteiger partial charge in [0.25, 0.3) is 5.69 Å². The van der Waals surface area contributed by atoms with Gasteiger partial charge >= 0.3 is 0 Å². The van der Waals surface area contributed by atoms with E-state index in [1.165, 1.54) is 6.07 Å². The topological polar surface area (TPSA) is 65.3 Å². The molecule has 0 N–H and O–H groups in total. The van der Waals surface area contributed by atoms with Gasteiger partial charge < -0.3 is 4.74 Å². The fourth-order valence-electron chi connectivity index (χ4n) is 1.45. The molecule has 0 aliphatic carbocycles. The Morgan fingerprint density at radius 3 is 2.40 bits per heavy atom. The van der Waals surface area contributed by atoms with Crippen molar-refractivity contribution in [1.29, 1.82) is 0 Å². The fraction of sp³-hybridized carbons (Fsp3) is 0.0833. The lowest BCUT2D eigenvalue weighted by Gasteiger charge is -2.09. The van der Waals surface area contributed by atoms with Crippen LogP contribution in [0.4, 0.5) is 14.5 Å². The summed E-state index contributed by atoms with van der Waals surface area (Å²) in [6.45, 7) is 1.74. The Hall–Kier alpha value is -2.09. The van der Waals surface area contributed by atoms with E-state index in [1.807, 2.05) is 0 Å². The third-order valence-electron chi connectivity index (χ3n) is 2.36. The number of hydrogen-bond acceptors (Lipinski definition) is 4. The van der Waals surface area contributed by atoms with Gasteiger partial charge in [0.15, 0.2) is 23.1 Å². The van der Waals surface area contributed by atoms with Gasteiger partial charge in [0.2, 0.25) is 0 Å². The Morgan fingerprint density at radius 2 is 1.90 bits per heavy atom. The number of hydrogen-bond donors (Lipinski definition) is 0. The van der Waals surface area contributed by atoms with Gasteiger partial charge in [-0.15, -0.1) is 0 Å². The van der Waals surface area contributed by atoms with Gasteiger partial charge in [-0.2, -0.15) is 0 Å². The molecule has 0 aliphatic rings. The molecule has 2 aromatic rings. The highest BCUT2D eigenvalue weighted by Gasteiger charge is 2.19. The predicted octanol–water partition coefficient (Wildman–Crippen LogP) is 4.13. The summed E-state index contributed by atoms with van der Waals surface area (Å²) in [5.41, 5.74) is 0.00214. The zero-order valence-electron chi connectivity index (χ0n) is 10.1. The molecule has 20 heavy (non-hydrogen) atoms. The van der Waals surface area contributed by atoms with Gasteiger partial charge in [0.05, 0.1) is 17.1 Å². The number of pyridine rings is 1. The average molecular weight is 345 g/mol. The Kier molecular flexibility index (Phi) is 3.93. The number of benzene rings is 1. The van der Waals surface area contributed by atoms with Crippen LogP contribution in [0.5, 0.6) is 11.5 Å². The highest BCUT2D eigenvalue weighted by atomic mass is 79.9. The number of aromatic nitrogens is 1. The maximum absolute atomic E-state index is 13.7. The van der Waals surface area contributed by atoms with E-state index in [0.29, 0.717) is 17.8 Å². The van der Waals surface area contributed by atoms with Gasteiger partial charge in [-0.1, -0.05) is 0 Å². The maximum Gasteiger partial charge on any atom is 0.275 e. The smallest absolute Gasteiger partial charge is 0.275 e. The van der Waals surface area contributed by atoms with Crippen LogP contribution in [-0.4, -0.2) is 9.91 Å². The highest BCUT2D eigenvalue weighted by molar-refractivity contribution is 9.10. The molecule has 0 atom stereocenters. The number of nitro benzene ring substituents is 1. The van der Waals surface area contributed by atoms with Gasteiger partial charge in [-0.25, -0.2) is 13.8 Å². The van der Waals surface area contributed by atoms with Crippen molar-refractivity contribution in [2.45, 2.75) is 6.92 Å². The second-order valence-corrected chi connectivity index (χ2v) is 4.59. The van der Waals surface area contributed by atoms with Gasteiger partial charge in [0, 0.05) is 5.69 Å². The summed E-state index contributed by atoms with van der Waals surface area (Å²) in [5, 5.41) is 10.5. The quantitative estimate of drug-likeness (QED) is 0.477. The van der Waals surface area contributed by atoms with Crippen LogP contribution in [0.25, 0.3) is 0 Å². The van der Waals surface area contributed by atoms with E-state index >= 15 is 0 Å². The van der Waals surface area contributed by atoms with E-state index in [1.54, 1.807) is 13.0 Å². The van der Waals surface area contributed by atoms with Crippen molar-refractivity contribution in [2.24, 2.45) is 0 Å². The van der Waals surface area contributed by atoms with Crippen molar-refractivity contribution >= 4 is 21.6 Å². The molecule has 0 saturated heterocycles. The molecule has 1 heterocycles. The number of rotatable bonds is 3. The number of non-ortho nitro benzene ring substituents is 1. The van der Waals surface area contributed by atoms with Crippen molar-refractivity contribution in [3.8, 4) is 11.5 Å². The zero-order valence-corrected chi connectivity index (χ0v) is 11.6. The molecule has 0 bridgehead atoms. The molecule has 1 aromatic carbocycles. The molecule has 0 saturated carbocycles. The van der Waals surface area contributed by atoms with Gasteiger partial charge in [0.1, 0.15) is 4.60 Å². The SMILES string of the molecule is Cc1ccc(Oc2c(F)cc([N+](=O)[O-])cc2F)c(Br)n1. The molecule has 1 aromatic heterocycles. The van der Waals surface area contributed by atoms with Crippen molar-refractivity contribution in [3.05, 3.63) is 56.3 Å². The minimum absolute atomic E-state index is 0.0993. The molecule has 0 unspecified atom stereocenters. The molecular formula is C12H7BrF2N2O3. The number of nitro groups is 1. The zero-order chi connectivity index (χ0) is 14.9. The molecule has 0 amide bonds. The first-order valence-corrected chi connectivity index (χ1v) is 6.12. The summed E-state index contributed by atoms with van der Waals surface area (Å²) >= 11 is 3.10. The first-order chi connectivity index (χ1) is 9.38. The molecule has 0 radical (unpaired) electrons.